The van der Waals surface area contributed by atoms with Gasteiger partial charge in [0.2, 0.25) is 0 Å². The highest BCUT2D eigenvalue weighted by Crippen LogP contribution is 2.20. The van der Waals surface area contributed by atoms with E-state index in [4.69, 9.17) is 15.7 Å². The minimum Gasteiger partial charge on any atom is -0.398 e. The van der Waals surface area contributed by atoms with Gasteiger partial charge in [0.05, 0.1) is 19.1 Å². The maximum atomic E-state index is 8.71. The van der Waals surface area contributed by atoms with E-state index >= 15 is 0 Å². The Morgan fingerprint density at radius 1 is 1.53 bits per heavy atom. The van der Waals surface area contributed by atoms with E-state index in [-0.39, 0.29) is 0 Å². The van der Waals surface area contributed by atoms with Gasteiger partial charge in [-0.2, -0.15) is 5.26 Å². The number of nitrogens with two attached hydrogens (primary N) is 1. The average molecular weight is 231 g/mol. The van der Waals surface area contributed by atoms with E-state index in [2.05, 4.69) is 11.4 Å². The van der Waals surface area contributed by atoms with Gasteiger partial charge in [0.25, 0.3) is 0 Å². The molecule has 0 aliphatic carbocycles. The predicted octanol–water partition coefficient (Wildman–Crippen LogP) is 1.93. The molecule has 1 aliphatic heterocycles. The van der Waals surface area contributed by atoms with Crippen molar-refractivity contribution >= 4 is 11.4 Å². The van der Waals surface area contributed by atoms with Crippen LogP contribution in [-0.2, 0) is 11.2 Å². The van der Waals surface area contributed by atoms with Gasteiger partial charge in [-0.05, 0) is 36.6 Å². The summed E-state index contributed by atoms with van der Waals surface area (Å²) in [5.74, 6) is 0. The van der Waals surface area contributed by atoms with Crippen molar-refractivity contribution in [3.05, 3.63) is 23.8 Å². The lowest BCUT2D eigenvalue weighted by molar-refractivity contribution is 0.0876. The molecule has 17 heavy (non-hydrogen) atoms. The molecular weight excluding hydrogens is 214 g/mol. The van der Waals surface area contributed by atoms with Crippen LogP contribution in [0.25, 0.3) is 0 Å². The van der Waals surface area contributed by atoms with Gasteiger partial charge < -0.3 is 15.8 Å². The highest BCUT2D eigenvalue weighted by Gasteiger charge is 2.13. The Kier molecular flexibility index (Phi) is 3.84. The Morgan fingerprint density at radius 3 is 3.12 bits per heavy atom. The fourth-order valence-corrected chi connectivity index (χ4v) is 2.02. The van der Waals surface area contributed by atoms with Gasteiger partial charge in [-0.25, -0.2) is 0 Å². The second kappa shape index (κ2) is 5.55. The molecule has 2 rings (SSSR count). The quantitative estimate of drug-likeness (QED) is 0.780. The molecule has 1 saturated heterocycles. The first kappa shape index (κ1) is 11.7. The van der Waals surface area contributed by atoms with E-state index in [0.717, 1.165) is 37.3 Å². The van der Waals surface area contributed by atoms with Crippen LogP contribution in [0.4, 0.5) is 11.4 Å². The number of nitrogens with zero attached hydrogens (tertiary/aromatic N) is 1. The standard InChI is InChI=1S/C13H17N3O/c14-6-5-10-8-11(3-4-13(10)15)16-12-2-1-7-17-9-12/h3-4,8,12,16H,1-2,5,7,9,15H2. The number of ether oxygens (including phenoxy) is 1. The van der Waals surface area contributed by atoms with E-state index in [1.165, 1.54) is 0 Å². The molecule has 1 aromatic carbocycles. The van der Waals surface area contributed by atoms with Crippen molar-refractivity contribution in [2.45, 2.75) is 25.3 Å². The number of nitrogen functional groups attached to an aromatic ring is 1. The van der Waals surface area contributed by atoms with Crippen LogP contribution in [0.1, 0.15) is 18.4 Å². The van der Waals surface area contributed by atoms with Crippen molar-refractivity contribution in [3.8, 4) is 6.07 Å². The summed E-state index contributed by atoms with van der Waals surface area (Å²) in [6.07, 6.45) is 2.57. The minimum atomic E-state index is 0.350. The lowest BCUT2D eigenvalue weighted by Crippen LogP contribution is -2.29. The van der Waals surface area contributed by atoms with Crippen LogP contribution in [0, 0.1) is 11.3 Å². The first-order valence-electron chi connectivity index (χ1n) is 5.89. The Balaban J connectivity index is 2.05. The summed E-state index contributed by atoms with van der Waals surface area (Å²) >= 11 is 0. The van der Waals surface area contributed by atoms with Crippen LogP contribution < -0.4 is 11.1 Å². The topological polar surface area (TPSA) is 71.1 Å². The maximum Gasteiger partial charge on any atom is 0.0670 e. The van der Waals surface area contributed by atoms with Gasteiger partial charge >= 0.3 is 0 Å². The summed E-state index contributed by atoms with van der Waals surface area (Å²) in [7, 11) is 0. The zero-order chi connectivity index (χ0) is 12.1. The number of rotatable bonds is 3. The van der Waals surface area contributed by atoms with Crippen molar-refractivity contribution in [3.63, 3.8) is 0 Å². The number of nitriles is 1. The van der Waals surface area contributed by atoms with Crippen LogP contribution in [0.5, 0.6) is 0 Å². The lowest BCUT2D eigenvalue weighted by Gasteiger charge is -2.24. The number of nitrogens with one attached hydrogen (secondary N) is 1. The van der Waals surface area contributed by atoms with E-state index in [9.17, 15) is 0 Å². The molecule has 1 aromatic rings. The summed E-state index contributed by atoms with van der Waals surface area (Å²) in [6, 6.07) is 8.23. The molecule has 3 N–H and O–H groups in total. The molecule has 90 valence electrons. The fraction of sp³-hybridized carbons (Fsp3) is 0.462. The van der Waals surface area contributed by atoms with Gasteiger partial charge in [-0.1, -0.05) is 0 Å². The van der Waals surface area contributed by atoms with Crippen LogP contribution in [0.2, 0.25) is 0 Å². The highest BCUT2D eigenvalue weighted by atomic mass is 16.5. The third kappa shape index (κ3) is 3.11. The molecule has 0 radical (unpaired) electrons. The molecule has 1 aliphatic rings. The number of hydrogen-bond donors (Lipinski definition) is 2. The van der Waals surface area contributed by atoms with E-state index in [1.807, 2.05) is 18.2 Å². The smallest absolute Gasteiger partial charge is 0.0670 e. The van der Waals surface area contributed by atoms with Gasteiger partial charge in [-0.15, -0.1) is 0 Å². The number of anilines is 2. The Labute approximate surface area is 101 Å². The summed E-state index contributed by atoms with van der Waals surface area (Å²) in [5.41, 5.74) is 8.38. The zero-order valence-electron chi connectivity index (χ0n) is 9.78. The van der Waals surface area contributed by atoms with Gasteiger partial charge in [0.15, 0.2) is 0 Å². The summed E-state index contributed by atoms with van der Waals surface area (Å²) in [5, 5.41) is 12.1. The van der Waals surface area contributed by atoms with Crippen LogP contribution in [0.3, 0.4) is 0 Å². The summed E-state index contributed by atoms with van der Waals surface area (Å²) in [4.78, 5) is 0. The number of benzene rings is 1. The molecule has 0 aromatic heterocycles. The highest BCUT2D eigenvalue weighted by molar-refractivity contribution is 5.58. The van der Waals surface area contributed by atoms with Crippen molar-refractivity contribution in [1.29, 1.82) is 5.26 Å². The first-order chi connectivity index (χ1) is 8.29. The molecule has 1 fully saturated rings. The summed E-state index contributed by atoms with van der Waals surface area (Å²) in [6.45, 7) is 1.61. The molecule has 0 saturated carbocycles. The van der Waals surface area contributed by atoms with E-state index in [0.29, 0.717) is 18.2 Å². The second-order valence-electron chi connectivity index (χ2n) is 4.31. The molecule has 1 heterocycles. The molecule has 1 unspecified atom stereocenters. The normalized spacial score (nSPS) is 19.6. The largest absolute Gasteiger partial charge is 0.398 e. The molecule has 1 atom stereocenters. The van der Waals surface area contributed by atoms with Crippen LogP contribution in [0.15, 0.2) is 18.2 Å². The lowest BCUT2D eigenvalue weighted by atomic mass is 10.1. The molecule has 4 heteroatoms. The molecule has 0 amide bonds. The minimum absolute atomic E-state index is 0.350. The van der Waals surface area contributed by atoms with E-state index < -0.39 is 0 Å². The monoisotopic (exact) mass is 231 g/mol. The zero-order valence-corrected chi connectivity index (χ0v) is 9.78. The molecular formula is C13H17N3O. The molecule has 4 nitrogen and oxygen atoms in total. The first-order valence-corrected chi connectivity index (χ1v) is 5.89. The second-order valence-corrected chi connectivity index (χ2v) is 4.31. The average Bonchev–Trinajstić information content (AvgIpc) is 2.35. The predicted molar refractivity (Wildman–Crippen MR) is 67.6 cm³/mol. The van der Waals surface area contributed by atoms with Crippen LogP contribution in [-0.4, -0.2) is 19.3 Å². The number of hydrogen-bond acceptors (Lipinski definition) is 4. The third-order valence-electron chi connectivity index (χ3n) is 2.94. The SMILES string of the molecule is N#CCc1cc(NC2CCCOC2)ccc1N. The van der Waals surface area contributed by atoms with Crippen molar-refractivity contribution in [2.24, 2.45) is 0 Å². The Morgan fingerprint density at radius 2 is 2.41 bits per heavy atom. The van der Waals surface area contributed by atoms with Crippen molar-refractivity contribution in [1.82, 2.24) is 0 Å². The Hall–Kier alpha value is -1.73. The maximum absolute atomic E-state index is 8.71. The van der Waals surface area contributed by atoms with Gasteiger partial charge in [-0.3, -0.25) is 0 Å². The van der Waals surface area contributed by atoms with E-state index in [1.54, 1.807) is 0 Å². The third-order valence-corrected chi connectivity index (χ3v) is 2.94. The van der Waals surface area contributed by atoms with Crippen molar-refractivity contribution < 1.29 is 4.74 Å². The fourth-order valence-electron chi connectivity index (χ4n) is 2.02. The van der Waals surface area contributed by atoms with Crippen molar-refractivity contribution in [2.75, 3.05) is 24.3 Å². The molecule has 0 bridgehead atoms. The molecule has 0 spiro atoms. The summed E-state index contributed by atoms with van der Waals surface area (Å²) < 4.78 is 5.42. The van der Waals surface area contributed by atoms with Gasteiger partial charge in [0, 0.05) is 24.0 Å². The van der Waals surface area contributed by atoms with Crippen LogP contribution >= 0.6 is 0 Å². The Bertz CT molecular complexity index is 419. The van der Waals surface area contributed by atoms with Gasteiger partial charge in [0.1, 0.15) is 0 Å².